The molecule has 1 aliphatic carbocycles. The lowest BCUT2D eigenvalue weighted by molar-refractivity contribution is 0.149. The molecule has 1 N–H and O–H groups in total. The van der Waals surface area contributed by atoms with Gasteiger partial charge in [0.1, 0.15) is 5.82 Å². The Morgan fingerprint density at radius 3 is 2.69 bits per heavy atom. The molecule has 1 saturated carbocycles. The highest BCUT2D eigenvalue weighted by atomic mass is 35.5. The second kappa shape index (κ2) is 3.28. The molecule has 0 amide bonds. The van der Waals surface area contributed by atoms with Gasteiger partial charge in [-0.15, -0.1) is 0 Å². The highest BCUT2D eigenvalue weighted by Crippen LogP contribution is 2.43. The second-order valence-electron chi connectivity index (χ2n) is 3.42. The second-order valence-corrected chi connectivity index (χ2v) is 3.82. The molecule has 0 saturated heterocycles. The van der Waals surface area contributed by atoms with Crippen LogP contribution in [0.4, 0.5) is 4.39 Å². The van der Waals surface area contributed by atoms with Crippen molar-refractivity contribution < 1.29 is 9.50 Å². The minimum atomic E-state index is -0.728. The van der Waals surface area contributed by atoms with Crippen LogP contribution in [0.3, 0.4) is 0 Å². The summed E-state index contributed by atoms with van der Waals surface area (Å²) < 4.78 is 13.2. The van der Waals surface area contributed by atoms with Gasteiger partial charge in [-0.05, 0) is 30.9 Å². The Labute approximate surface area is 81.1 Å². The predicted molar refractivity (Wildman–Crippen MR) is 49.1 cm³/mol. The van der Waals surface area contributed by atoms with Gasteiger partial charge in [0.25, 0.3) is 0 Å². The van der Waals surface area contributed by atoms with Crippen LogP contribution in [0.5, 0.6) is 0 Å². The van der Waals surface area contributed by atoms with E-state index in [1.807, 2.05) is 0 Å². The van der Waals surface area contributed by atoms with Crippen molar-refractivity contribution >= 4 is 11.6 Å². The molecule has 3 heteroatoms. The number of rotatable bonds is 2. The molecule has 1 aromatic rings. The van der Waals surface area contributed by atoms with Gasteiger partial charge < -0.3 is 5.11 Å². The molecule has 70 valence electrons. The fourth-order valence-corrected chi connectivity index (χ4v) is 1.72. The zero-order chi connectivity index (χ0) is 9.42. The van der Waals surface area contributed by atoms with Gasteiger partial charge in [-0.3, -0.25) is 0 Å². The summed E-state index contributed by atoms with van der Waals surface area (Å²) in [5, 5.41) is 10.0. The smallest absolute Gasteiger partial charge is 0.130 e. The highest BCUT2D eigenvalue weighted by molar-refractivity contribution is 6.31. The molecular formula is C10H10ClFO. The van der Waals surface area contributed by atoms with Crippen molar-refractivity contribution in [3.8, 4) is 0 Å². The Kier molecular flexibility index (Phi) is 2.26. The van der Waals surface area contributed by atoms with E-state index < -0.39 is 11.9 Å². The predicted octanol–water partition coefficient (Wildman–Crippen LogP) is 2.92. The zero-order valence-corrected chi connectivity index (χ0v) is 7.76. The van der Waals surface area contributed by atoms with Crippen molar-refractivity contribution in [2.75, 3.05) is 0 Å². The molecule has 0 radical (unpaired) electrons. The lowest BCUT2D eigenvalue weighted by Crippen LogP contribution is -2.03. The maximum atomic E-state index is 13.2. The number of aliphatic hydroxyl groups is 1. The first-order valence-electron chi connectivity index (χ1n) is 4.32. The summed E-state index contributed by atoms with van der Waals surface area (Å²) in [6.07, 6.45) is 1.20. The van der Waals surface area contributed by atoms with Gasteiger partial charge in [-0.1, -0.05) is 17.7 Å². The van der Waals surface area contributed by atoms with Crippen LogP contribution in [-0.2, 0) is 0 Å². The highest BCUT2D eigenvalue weighted by Gasteiger charge is 2.33. The summed E-state index contributed by atoms with van der Waals surface area (Å²) in [4.78, 5) is 0. The van der Waals surface area contributed by atoms with Crippen LogP contribution in [-0.4, -0.2) is 5.11 Å². The minimum Gasteiger partial charge on any atom is -0.388 e. The summed E-state index contributed by atoms with van der Waals surface area (Å²) in [6, 6.07) is 4.47. The molecule has 2 rings (SSSR count). The third kappa shape index (κ3) is 1.69. The van der Waals surface area contributed by atoms with Crippen LogP contribution in [0, 0.1) is 11.7 Å². The molecule has 0 unspecified atom stereocenters. The van der Waals surface area contributed by atoms with Crippen LogP contribution < -0.4 is 0 Å². The average molecular weight is 201 g/mol. The molecule has 1 aromatic carbocycles. The summed E-state index contributed by atoms with van der Waals surface area (Å²) in [6.45, 7) is 0. The Hall–Kier alpha value is -0.600. The van der Waals surface area contributed by atoms with E-state index in [4.69, 9.17) is 11.6 Å². The van der Waals surface area contributed by atoms with E-state index in [9.17, 15) is 9.50 Å². The fourth-order valence-electron chi connectivity index (χ4n) is 1.44. The SMILES string of the molecule is O[C@H](c1c(F)cccc1Cl)C1CC1. The molecule has 1 fully saturated rings. The van der Waals surface area contributed by atoms with Gasteiger partial charge in [0.05, 0.1) is 6.10 Å². The average Bonchev–Trinajstić information content (AvgIpc) is 2.85. The summed E-state index contributed by atoms with van der Waals surface area (Å²) in [5.41, 5.74) is 0.256. The molecule has 0 aliphatic heterocycles. The molecule has 1 nitrogen and oxygen atoms in total. The van der Waals surface area contributed by atoms with Crippen LogP contribution in [0.2, 0.25) is 5.02 Å². The van der Waals surface area contributed by atoms with E-state index in [0.29, 0.717) is 5.02 Å². The van der Waals surface area contributed by atoms with Crippen LogP contribution >= 0.6 is 11.6 Å². The Balaban J connectivity index is 2.36. The summed E-state index contributed by atoms with van der Waals surface area (Å²) >= 11 is 5.80. The lowest BCUT2D eigenvalue weighted by Gasteiger charge is -2.11. The standard InChI is InChI=1S/C10H10ClFO/c11-7-2-1-3-8(12)9(7)10(13)6-4-5-6/h1-3,6,10,13H,4-5H2/t10-/m0/s1. The van der Waals surface area contributed by atoms with E-state index >= 15 is 0 Å². The fraction of sp³-hybridized carbons (Fsp3) is 0.400. The van der Waals surface area contributed by atoms with Gasteiger partial charge in [-0.25, -0.2) is 4.39 Å². The number of benzene rings is 1. The molecule has 13 heavy (non-hydrogen) atoms. The van der Waals surface area contributed by atoms with Gasteiger partial charge in [-0.2, -0.15) is 0 Å². The molecule has 0 aromatic heterocycles. The van der Waals surface area contributed by atoms with Crippen LogP contribution in [0.15, 0.2) is 18.2 Å². The van der Waals surface area contributed by atoms with Crippen molar-refractivity contribution in [2.24, 2.45) is 5.92 Å². The number of aliphatic hydroxyl groups excluding tert-OH is 1. The van der Waals surface area contributed by atoms with Crippen molar-refractivity contribution in [2.45, 2.75) is 18.9 Å². The summed E-state index contributed by atoms with van der Waals surface area (Å²) in [7, 11) is 0. The molecule has 0 heterocycles. The van der Waals surface area contributed by atoms with Gasteiger partial charge >= 0.3 is 0 Å². The Morgan fingerprint density at radius 2 is 2.15 bits per heavy atom. The van der Waals surface area contributed by atoms with E-state index in [-0.39, 0.29) is 11.5 Å². The van der Waals surface area contributed by atoms with E-state index in [0.717, 1.165) is 12.8 Å². The van der Waals surface area contributed by atoms with Crippen molar-refractivity contribution in [1.29, 1.82) is 0 Å². The normalized spacial score (nSPS) is 18.7. The summed E-state index contributed by atoms with van der Waals surface area (Å²) in [5.74, 6) is -0.207. The molecule has 0 spiro atoms. The zero-order valence-electron chi connectivity index (χ0n) is 7.00. The number of hydrogen-bond acceptors (Lipinski definition) is 1. The van der Waals surface area contributed by atoms with Crippen LogP contribution in [0.1, 0.15) is 24.5 Å². The quantitative estimate of drug-likeness (QED) is 0.779. The minimum absolute atomic E-state index is 0.203. The first-order valence-corrected chi connectivity index (χ1v) is 4.70. The lowest BCUT2D eigenvalue weighted by atomic mass is 10.1. The van der Waals surface area contributed by atoms with E-state index in [1.165, 1.54) is 6.07 Å². The first-order chi connectivity index (χ1) is 6.20. The molecular weight excluding hydrogens is 191 g/mol. The largest absolute Gasteiger partial charge is 0.388 e. The van der Waals surface area contributed by atoms with Crippen molar-refractivity contribution in [3.05, 3.63) is 34.6 Å². The van der Waals surface area contributed by atoms with E-state index in [1.54, 1.807) is 12.1 Å². The maximum Gasteiger partial charge on any atom is 0.130 e. The van der Waals surface area contributed by atoms with Gasteiger partial charge in [0, 0.05) is 10.6 Å². The van der Waals surface area contributed by atoms with Crippen LogP contribution in [0.25, 0.3) is 0 Å². The maximum absolute atomic E-state index is 13.2. The first kappa shape index (κ1) is 8.97. The topological polar surface area (TPSA) is 20.2 Å². The third-order valence-corrected chi connectivity index (χ3v) is 2.69. The Morgan fingerprint density at radius 1 is 1.46 bits per heavy atom. The number of hydrogen-bond donors (Lipinski definition) is 1. The number of halogens is 2. The van der Waals surface area contributed by atoms with Crippen molar-refractivity contribution in [3.63, 3.8) is 0 Å². The van der Waals surface area contributed by atoms with Crippen molar-refractivity contribution in [1.82, 2.24) is 0 Å². The van der Waals surface area contributed by atoms with Gasteiger partial charge in [0.2, 0.25) is 0 Å². The Bertz CT molecular complexity index is 302. The van der Waals surface area contributed by atoms with E-state index in [2.05, 4.69) is 0 Å². The molecule has 0 bridgehead atoms. The van der Waals surface area contributed by atoms with Gasteiger partial charge in [0.15, 0.2) is 0 Å². The molecule has 1 aliphatic rings. The third-order valence-electron chi connectivity index (χ3n) is 2.36. The molecule has 1 atom stereocenters. The monoisotopic (exact) mass is 200 g/mol.